The Hall–Kier alpha value is -2.03. The third kappa shape index (κ3) is 1.91. The number of aldehydes is 1. The van der Waals surface area contributed by atoms with Crippen LogP contribution in [-0.4, -0.2) is 16.3 Å². The van der Waals surface area contributed by atoms with E-state index >= 15 is 0 Å². The van der Waals surface area contributed by atoms with Crippen molar-refractivity contribution in [3.63, 3.8) is 0 Å². The van der Waals surface area contributed by atoms with Gasteiger partial charge in [0.05, 0.1) is 11.4 Å². The molecule has 0 unspecified atom stereocenters. The first-order valence-corrected chi connectivity index (χ1v) is 4.65. The SMILES string of the molecule is Cc1cccc(-c2ncccc2C=O)n1. The van der Waals surface area contributed by atoms with Gasteiger partial charge in [0.15, 0.2) is 6.29 Å². The van der Waals surface area contributed by atoms with Gasteiger partial charge < -0.3 is 0 Å². The number of carbonyl (C=O) groups is 1. The van der Waals surface area contributed by atoms with E-state index < -0.39 is 0 Å². The first kappa shape index (κ1) is 9.52. The van der Waals surface area contributed by atoms with Crippen molar-refractivity contribution >= 4 is 6.29 Å². The molecule has 0 saturated carbocycles. The minimum Gasteiger partial charge on any atom is -0.298 e. The highest BCUT2D eigenvalue weighted by Gasteiger charge is 2.06. The van der Waals surface area contributed by atoms with Crippen molar-refractivity contribution in [1.29, 1.82) is 0 Å². The number of aromatic nitrogens is 2. The molecule has 3 heteroatoms. The molecule has 0 bridgehead atoms. The molecule has 0 N–H and O–H groups in total. The van der Waals surface area contributed by atoms with Crippen molar-refractivity contribution in [2.45, 2.75) is 6.92 Å². The summed E-state index contributed by atoms with van der Waals surface area (Å²) < 4.78 is 0. The van der Waals surface area contributed by atoms with Gasteiger partial charge in [0.1, 0.15) is 0 Å². The molecule has 3 nitrogen and oxygen atoms in total. The number of hydrogen-bond acceptors (Lipinski definition) is 3. The molecule has 0 spiro atoms. The van der Waals surface area contributed by atoms with E-state index in [1.807, 2.05) is 25.1 Å². The number of pyridine rings is 2. The van der Waals surface area contributed by atoms with Gasteiger partial charge in [-0.05, 0) is 31.2 Å². The van der Waals surface area contributed by atoms with Crippen molar-refractivity contribution < 1.29 is 4.79 Å². The largest absolute Gasteiger partial charge is 0.298 e. The lowest BCUT2D eigenvalue weighted by Crippen LogP contribution is -1.94. The quantitative estimate of drug-likeness (QED) is 0.695. The van der Waals surface area contributed by atoms with Crippen LogP contribution < -0.4 is 0 Å². The fourth-order valence-electron chi connectivity index (χ4n) is 1.40. The third-order valence-corrected chi connectivity index (χ3v) is 2.10. The van der Waals surface area contributed by atoms with E-state index in [-0.39, 0.29) is 0 Å². The molecule has 0 aromatic carbocycles. The third-order valence-electron chi connectivity index (χ3n) is 2.10. The second kappa shape index (κ2) is 4.00. The summed E-state index contributed by atoms with van der Waals surface area (Å²) >= 11 is 0. The first-order chi connectivity index (χ1) is 7.31. The highest BCUT2D eigenvalue weighted by atomic mass is 16.1. The van der Waals surface area contributed by atoms with E-state index in [0.717, 1.165) is 17.7 Å². The molecular weight excluding hydrogens is 188 g/mol. The maximum atomic E-state index is 10.8. The first-order valence-electron chi connectivity index (χ1n) is 4.65. The number of hydrogen-bond donors (Lipinski definition) is 0. The number of rotatable bonds is 2. The second-order valence-corrected chi connectivity index (χ2v) is 3.22. The summed E-state index contributed by atoms with van der Waals surface area (Å²) in [4.78, 5) is 19.3. The van der Waals surface area contributed by atoms with Crippen LogP contribution in [0.5, 0.6) is 0 Å². The molecule has 0 aliphatic carbocycles. The summed E-state index contributed by atoms with van der Waals surface area (Å²) in [5.41, 5.74) is 2.85. The van der Waals surface area contributed by atoms with Crippen molar-refractivity contribution in [3.8, 4) is 11.4 Å². The van der Waals surface area contributed by atoms with Gasteiger partial charge in [0, 0.05) is 17.5 Å². The van der Waals surface area contributed by atoms with E-state index in [1.54, 1.807) is 18.3 Å². The zero-order valence-corrected chi connectivity index (χ0v) is 8.34. The predicted molar refractivity (Wildman–Crippen MR) is 57.6 cm³/mol. The van der Waals surface area contributed by atoms with Crippen LogP contribution in [-0.2, 0) is 0 Å². The number of aryl methyl sites for hydroxylation is 1. The van der Waals surface area contributed by atoms with Crippen molar-refractivity contribution in [2.75, 3.05) is 0 Å². The summed E-state index contributed by atoms with van der Waals surface area (Å²) in [6, 6.07) is 9.14. The van der Waals surface area contributed by atoms with Crippen molar-refractivity contribution in [3.05, 3.63) is 47.8 Å². The van der Waals surface area contributed by atoms with Gasteiger partial charge in [-0.3, -0.25) is 14.8 Å². The van der Waals surface area contributed by atoms with Crippen molar-refractivity contribution in [2.24, 2.45) is 0 Å². The summed E-state index contributed by atoms with van der Waals surface area (Å²) in [6.45, 7) is 1.91. The molecule has 2 heterocycles. The second-order valence-electron chi connectivity index (χ2n) is 3.22. The molecule has 2 aromatic heterocycles. The fourth-order valence-corrected chi connectivity index (χ4v) is 1.40. The van der Waals surface area contributed by atoms with Gasteiger partial charge in [-0.15, -0.1) is 0 Å². The minimum absolute atomic E-state index is 0.565. The van der Waals surface area contributed by atoms with E-state index in [1.165, 1.54) is 0 Å². The van der Waals surface area contributed by atoms with Crippen LogP contribution >= 0.6 is 0 Å². The Morgan fingerprint density at radius 2 is 2.07 bits per heavy atom. The molecule has 2 aromatic rings. The van der Waals surface area contributed by atoms with Crippen LogP contribution in [0.25, 0.3) is 11.4 Å². The Bertz CT molecular complexity index is 494. The fraction of sp³-hybridized carbons (Fsp3) is 0.0833. The predicted octanol–water partition coefficient (Wildman–Crippen LogP) is 2.26. The monoisotopic (exact) mass is 198 g/mol. The van der Waals surface area contributed by atoms with Crippen LogP contribution in [0.4, 0.5) is 0 Å². The van der Waals surface area contributed by atoms with Crippen LogP contribution in [0.1, 0.15) is 16.1 Å². The van der Waals surface area contributed by atoms with Gasteiger partial charge in [-0.25, -0.2) is 0 Å². The van der Waals surface area contributed by atoms with Crippen LogP contribution in [0.3, 0.4) is 0 Å². The van der Waals surface area contributed by atoms with Gasteiger partial charge >= 0.3 is 0 Å². The molecule has 74 valence electrons. The van der Waals surface area contributed by atoms with Gasteiger partial charge in [0.25, 0.3) is 0 Å². The molecule has 0 atom stereocenters. The van der Waals surface area contributed by atoms with Gasteiger partial charge in [0.2, 0.25) is 0 Å². The Morgan fingerprint density at radius 3 is 2.80 bits per heavy atom. The topological polar surface area (TPSA) is 42.9 Å². The number of carbonyl (C=O) groups excluding carboxylic acids is 1. The van der Waals surface area contributed by atoms with E-state index in [2.05, 4.69) is 9.97 Å². The molecule has 0 radical (unpaired) electrons. The van der Waals surface area contributed by atoms with Crippen LogP contribution in [0.2, 0.25) is 0 Å². The van der Waals surface area contributed by atoms with Crippen LogP contribution in [0.15, 0.2) is 36.5 Å². The Kier molecular flexibility index (Phi) is 2.54. The average molecular weight is 198 g/mol. The molecule has 15 heavy (non-hydrogen) atoms. The lowest BCUT2D eigenvalue weighted by molar-refractivity contribution is 0.112. The summed E-state index contributed by atoms with van der Waals surface area (Å²) in [5.74, 6) is 0. The molecule has 0 saturated heterocycles. The summed E-state index contributed by atoms with van der Waals surface area (Å²) in [5, 5.41) is 0. The lowest BCUT2D eigenvalue weighted by Gasteiger charge is -2.02. The Morgan fingerprint density at radius 1 is 1.20 bits per heavy atom. The molecule has 0 aliphatic heterocycles. The molecule has 0 amide bonds. The van der Waals surface area contributed by atoms with Crippen molar-refractivity contribution in [1.82, 2.24) is 9.97 Å². The molecule has 2 rings (SSSR count). The van der Waals surface area contributed by atoms with E-state index in [0.29, 0.717) is 11.3 Å². The van der Waals surface area contributed by atoms with E-state index in [4.69, 9.17) is 0 Å². The maximum Gasteiger partial charge on any atom is 0.152 e. The molecular formula is C12H10N2O. The average Bonchev–Trinajstić information content (AvgIpc) is 2.29. The smallest absolute Gasteiger partial charge is 0.152 e. The molecule has 0 aliphatic rings. The highest BCUT2D eigenvalue weighted by Crippen LogP contribution is 2.17. The zero-order chi connectivity index (χ0) is 10.7. The highest BCUT2D eigenvalue weighted by molar-refractivity contribution is 5.84. The van der Waals surface area contributed by atoms with Gasteiger partial charge in [-0.1, -0.05) is 6.07 Å². The lowest BCUT2D eigenvalue weighted by atomic mass is 10.1. The molecule has 0 fully saturated rings. The number of nitrogens with zero attached hydrogens (tertiary/aromatic N) is 2. The normalized spacial score (nSPS) is 9.93. The van der Waals surface area contributed by atoms with E-state index in [9.17, 15) is 4.79 Å². The Balaban J connectivity index is 2.58. The standard InChI is InChI=1S/C12H10N2O/c1-9-4-2-6-11(14-9)12-10(8-15)5-3-7-13-12/h2-8H,1H3. The van der Waals surface area contributed by atoms with Crippen LogP contribution in [0, 0.1) is 6.92 Å². The maximum absolute atomic E-state index is 10.8. The summed E-state index contributed by atoms with van der Waals surface area (Å²) in [7, 11) is 0. The minimum atomic E-state index is 0.565. The Labute approximate surface area is 87.8 Å². The summed E-state index contributed by atoms with van der Waals surface area (Å²) in [6.07, 6.45) is 2.46. The zero-order valence-electron chi connectivity index (χ0n) is 8.34. The van der Waals surface area contributed by atoms with Gasteiger partial charge in [-0.2, -0.15) is 0 Å².